The number of nitrogens with two attached hydrogens (primary N) is 1. The number of primary amides is 1. The molecule has 0 saturated heterocycles. The van der Waals surface area contributed by atoms with Gasteiger partial charge in [-0.15, -0.1) is 4.91 Å². The molecule has 1 amide bonds. The van der Waals surface area contributed by atoms with E-state index in [0.29, 0.717) is 11.3 Å². The van der Waals surface area contributed by atoms with E-state index in [0.717, 1.165) is 0 Å². The summed E-state index contributed by atoms with van der Waals surface area (Å²) in [5, 5.41) is 35.4. The summed E-state index contributed by atoms with van der Waals surface area (Å²) in [6, 6.07) is 1.54. The van der Waals surface area contributed by atoms with Gasteiger partial charge >= 0.3 is 0 Å². The third-order valence-corrected chi connectivity index (χ3v) is 6.89. The van der Waals surface area contributed by atoms with Crippen molar-refractivity contribution in [3.63, 3.8) is 0 Å². The Bertz CT molecular complexity index is 1240. The number of nitroso groups, excluding NO2 is 1. The number of aliphatic hydroxyl groups excluding tert-OH is 2. The summed E-state index contributed by atoms with van der Waals surface area (Å²) >= 11 is 4.74. The smallest absolute Gasteiger partial charge is 0.255 e. The highest BCUT2D eigenvalue weighted by Crippen LogP contribution is 2.53. The molecule has 0 radical (unpaired) electrons. The van der Waals surface area contributed by atoms with E-state index in [1.165, 1.54) is 0 Å². The fraction of sp³-hybridized carbons (Fsp3) is 0.381. The molecule has 0 aliphatic heterocycles. The van der Waals surface area contributed by atoms with Crippen LogP contribution in [0.2, 0.25) is 0 Å². The van der Waals surface area contributed by atoms with Gasteiger partial charge in [-0.05, 0) is 35.6 Å². The van der Waals surface area contributed by atoms with Gasteiger partial charge in [0.15, 0.2) is 11.4 Å². The Morgan fingerprint density at radius 3 is 2.48 bits per heavy atom. The van der Waals surface area contributed by atoms with Crippen LogP contribution >= 0.6 is 0 Å². The van der Waals surface area contributed by atoms with Gasteiger partial charge in [0.2, 0.25) is 5.78 Å². The zero-order valence-corrected chi connectivity index (χ0v) is 18.5. The average Bonchev–Trinajstić information content (AvgIpc) is 2.74. The number of amides is 1. The number of carbonyl (C=O) groups is 3. The number of hydrogen-bond donors (Lipinski definition) is 4. The molecule has 1 aromatic rings. The maximum absolute atomic E-state index is 13.6. The van der Waals surface area contributed by atoms with E-state index in [1.54, 1.807) is 25.1 Å². The second-order valence-electron chi connectivity index (χ2n) is 8.60. The second-order valence-corrected chi connectivity index (χ2v) is 8.79. The second kappa shape index (κ2) is 7.52. The van der Waals surface area contributed by atoms with Gasteiger partial charge < -0.3 is 26.0 Å². The first kappa shape index (κ1) is 22.7. The Balaban J connectivity index is 1.98. The summed E-state index contributed by atoms with van der Waals surface area (Å²) in [6.45, 7) is 0. The van der Waals surface area contributed by atoms with Crippen molar-refractivity contribution in [2.45, 2.75) is 24.9 Å². The molecule has 0 fully saturated rings. The molecule has 5 N–H and O–H groups in total. The minimum Gasteiger partial charge on any atom is -0.511 e. The van der Waals surface area contributed by atoms with Crippen LogP contribution in [-0.2, 0) is 28.4 Å². The van der Waals surface area contributed by atoms with E-state index < -0.39 is 52.0 Å². The van der Waals surface area contributed by atoms with Crippen molar-refractivity contribution in [3.05, 3.63) is 44.8 Å². The third-order valence-electron chi connectivity index (χ3n) is 6.69. The van der Waals surface area contributed by atoms with Crippen molar-refractivity contribution >= 4 is 47.0 Å². The van der Waals surface area contributed by atoms with Crippen LogP contribution in [0.3, 0.4) is 0 Å². The van der Waals surface area contributed by atoms with Gasteiger partial charge in [0.05, 0.1) is 5.56 Å². The Morgan fingerprint density at radius 1 is 1.27 bits per heavy atom. The van der Waals surface area contributed by atoms with Crippen LogP contribution in [0.25, 0.3) is 0 Å². The minimum atomic E-state index is -2.62. The van der Waals surface area contributed by atoms with Crippen molar-refractivity contribution in [1.29, 1.82) is 0 Å². The molecule has 12 heteroatoms. The maximum atomic E-state index is 13.6. The predicted molar refractivity (Wildman–Crippen MR) is 118 cm³/mol. The van der Waals surface area contributed by atoms with Gasteiger partial charge in [0.1, 0.15) is 28.5 Å². The maximum Gasteiger partial charge on any atom is 0.255 e. The van der Waals surface area contributed by atoms with Gasteiger partial charge in [-0.1, -0.05) is 0 Å². The Morgan fingerprint density at radius 2 is 1.94 bits per heavy atom. The lowest BCUT2D eigenvalue weighted by Crippen LogP contribution is -2.57. The molecule has 0 heterocycles. The number of nitrogens with zero attached hydrogens (tertiary/aromatic N) is 3. The number of anilines is 1. The monoisotopic (exact) mass is 472 g/mol. The minimum absolute atomic E-state index is 0.000601. The SMILES string of the molecule is CN(C)c1cc(N=S)c(N=O)c2c1C[C@H]1CC3CC(O)=C(C(N)=O)C(=O)[C@@]3(O)C(O)=C1C2=O. The lowest BCUT2D eigenvalue weighted by Gasteiger charge is -2.45. The predicted octanol–water partition coefficient (Wildman–Crippen LogP) is 1.70. The molecule has 3 atom stereocenters. The van der Waals surface area contributed by atoms with Gasteiger partial charge in [0, 0.05) is 50.1 Å². The van der Waals surface area contributed by atoms with Gasteiger partial charge in [0.25, 0.3) is 5.91 Å². The molecule has 33 heavy (non-hydrogen) atoms. The standard InChI is InChI=1S/C21H20N4O7S/c1-25(2)11-6-10(24-33)16(23-32)14-9(11)4-7-3-8-5-12(26)15(20(22)30)19(29)21(8,31)18(28)13(7)17(14)27/h6-8,26,28,31H,3-5H2,1-2H3,(H2,22,30)/t7-,8?,21+/m1/s1. The van der Waals surface area contributed by atoms with Crippen LogP contribution in [0, 0.1) is 16.7 Å². The zero-order chi connectivity index (χ0) is 24.4. The average molecular weight is 472 g/mol. The fourth-order valence-corrected chi connectivity index (χ4v) is 5.35. The van der Waals surface area contributed by atoms with Gasteiger partial charge in [-0.3, -0.25) is 14.4 Å². The molecule has 1 aromatic carbocycles. The highest BCUT2D eigenvalue weighted by molar-refractivity contribution is 7.47. The number of benzene rings is 1. The Labute approximate surface area is 192 Å². The number of carbonyl (C=O) groups excluding carboxylic acids is 3. The molecule has 0 bridgehead atoms. The lowest BCUT2D eigenvalue weighted by atomic mass is 9.60. The number of rotatable bonds is 4. The van der Waals surface area contributed by atoms with E-state index in [-0.39, 0.29) is 41.8 Å². The van der Waals surface area contributed by atoms with Crippen LogP contribution in [0.15, 0.2) is 38.3 Å². The lowest BCUT2D eigenvalue weighted by molar-refractivity contribution is -0.144. The third kappa shape index (κ3) is 2.94. The van der Waals surface area contributed by atoms with Gasteiger partial charge in [-0.25, -0.2) is 0 Å². The highest BCUT2D eigenvalue weighted by Gasteiger charge is 2.59. The van der Waals surface area contributed by atoms with Gasteiger partial charge in [-0.2, -0.15) is 4.36 Å². The van der Waals surface area contributed by atoms with Crippen molar-refractivity contribution in [3.8, 4) is 0 Å². The largest absolute Gasteiger partial charge is 0.511 e. The van der Waals surface area contributed by atoms with Crippen LogP contribution < -0.4 is 10.6 Å². The molecule has 4 rings (SSSR count). The van der Waals surface area contributed by atoms with Crippen molar-refractivity contribution < 1.29 is 29.7 Å². The summed E-state index contributed by atoms with van der Waals surface area (Å²) in [5.41, 5.74) is 2.15. The molecule has 0 aromatic heterocycles. The molecule has 11 nitrogen and oxygen atoms in total. The first-order valence-corrected chi connectivity index (χ1v) is 10.4. The quantitative estimate of drug-likeness (QED) is 0.374. The first-order chi connectivity index (χ1) is 15.5. The number of aliphatic hydroxyl groups is 3. The summed E-state index contributed by atoms with van der Waals surface area (Å²) in [5.74, 6) is -6.44. The molecule has 0 saturated carbocycles. The zero-order valence-electron chi connectivity index (χ0n) is 17.7. The number of Topliss-reactive ketones (excluding diaryl/α,β-unsaturated/α-hetero) is 2. The number of ketones is 2. The molecular weight excluding hydrogens is 452 g/mol. The summed E-state index contributed by atoms with van der Waals surface area (Å²) in [6.07, 6.45) is -0.0558. The number of fused-ring (bicyclic) bond motifs is 3. The van der Waals surface area contributed by atoms with Crippen LogP contribution in [0.4, 0.5) is 17.1 Å². The topological polar surface area (TPSA) is 183 Å². The molecule has 0 spiro atoms. The Kier molecular flexibility index (Phi) is 5.17. The summed E-state index contributed by atoms with van der Waals surface area (Å²) < 4.78 is 3.62. The van der Waals surface area contributed by atoms with Crippen molar-refractivity contribution in [1.82, 2.24) is 0 Å². The molecule has 172 valence electrons. The van der Waals surface area contributed by atoms with E-state index in [1.807, 2.05) is 0 Å². The van der Waals surface area contributed by atoms with Crippen molar-refractivity contribution in [2.24, 2.45) is 27.1 Å². The molecule has 1 unspecified atom stereocenters. The number of hydrogen-bond acceptors (Lipinski definition) is 11. The van der Waals surface area contributed by atoms with E-state index in [2.05, 4.69) is 9.54 Å². The van der Waals surface area contributed by atoms with Crippen molar-refractivity contribution in [2.75, 3.05) is 19.0 Å². The Hall–Kier alpha value is -3.51. The van der Waals surface area contributed by atoms with E-state index in [9.17, 15) is 34.6 Å². The molecule has 3 aliphatic rings. The number of allylic oxidation sites excluding steroid dienone is 2. The van der Waals surface area contributed by atoms with E-state index in [4.69, 9.17) is 18.2 Å². The highest BCUT2D eigenvalue weighted by atomic mass is 32.1. The molecular formula is C21H20N4O7S. The fourth-order valence-electron chi connectivity index (χ4n) is 5.21. The molecule has 3 aliphatic carbocycles. The summed E-state index contributed by atoms with van der Waals surface area (Å²) in [7, 11) is 3.47. The van der Waals surface area contributed by atoms with Crippen LogP contribution in [-0.4, -0.2) is 52.5 Å². The first-order valence-electron chi connectivity index (χ1n) is 10.00. The summed E-state index contributed by atoms with van der Waals surface area (Å²) in [4.78, 5) is 51.6. The van der Waals surface area contributed by atoms with Crippen LogP contribution in [0.1, 0.15) is 28.8 Å². The van der Waals surface area contributed by atoms with Crippen LogP contribution in [0.5, 0.6) is 0 Å². The normalized spacial score (nSPS) is 26.4. The van der Waals surface area contributed by atoms with E-state index >= 15 is 0 Å².